The van der Waals surface area contributed by atoms with Crippen LogP contribution >= 0.6 is 0 Å². The zero-order chi connectivity index (χ0) is 40.4. The molecule has 0 spiro atoms. The second-order valence-corrected chi connectivity index (χ2v) is 17.5. The van der Waals surface area contributed by atoms with Gasteiger partial charge in [0.05, 0.1) is 16.6 Å². The zero-order valence-corrected chi connectivity index (χ0v) is 35.8. The summed E-state index contributed by atoms with van der Waals surface area (Å²) < 4.78 is 19.7. The van der Waals surface area contributed by atoms with Crippen molar-refractivity contribution in [1.82, 2.24) is 14.5 Å². The van der Waals surface area contributed by atoms with E-state index in [4.69, 9.17) is 12.7 Å². The van der Waals surface area contributed by atoms with E-state index in [-0.39, 0.29) is 43.1 Å². The minimum Gasteiger partial charge on any atom is -0.507 e. The van der Waals surface area contributed by atoms with Crippen LogP contribution < -0.4 is 0 Å². The molecule has 2 heterocycles. The molecule has 0 bridgehead atoms. The fourth-order valence-corrected chi connectivity index (χ4v) is 6.96. The first-order valence-electron chi connectivity index (χ1n) is 19.8. The van der Waals surface area contributed by atoms with Crippen molar-refractivity contribution in [2.45, 2.75) is 84.9 Å². The summed E-state index contributed by atoms with van der Waals surface area (Å²) in [5.74, 6) is 0.982. The number of fused-ring (bicyclic) bond motifs is 1. The number of imidazole rings is 1. The Balaban J connectivity index is 0.00000549. The third kappa shape index (κ3) is 8.26. The average molecular weight is 908 g/mol. The fourth-order valence-electron chi connectivity index (χ4n) is 6.96. The summed E-state index contributed by atoms with van der Waals surface area (Å²) in [5, 5.41) is 11.8. The first-order valence-corrected chi connectivity index (χ1v) is 18.8. The SMILES string of the molecule is [2H]C([2H])(c1ccccc1)c1ccc(-c2ccnc(-c3[c-]c(-c4cccc5c4nc(-c4cc(C(C)(C)C)cc(C(C)(C)C)c4O)n5C)cc(C(C)(C)C)c3)c2)cc1.[Pt]. The van der Waals surface area contributed by atoms with Gasteiger partial charge in [0, 0.05) is 48.3 Å². The van der Waals surface area contributed by atoms with Gasteiger partial charge in [-0.05, 0) is 68.6 Å². The Morgan fingerprint density at radius 1 is 0.655 bits per heavy atom. The molecule has 1 N–H and O–H groups in total. The summed E-state index contributed by atoms with van der Waals surface area (Å²) in [6.45, 7) is 19.6. The van der Waals surface area contributed by atoms with Gasteiger partial charge in [-0.25, -0.2) is 4.98 Å². The van der Waals surface area contributed by atoms with E-state index in [0.717, 1.165) is 66.8 Å². The molecule has 0 saturated carbocycles. The van der Waals surface area contributed by atoms with Crippen LogP contribution in [0.15, 0.2) is 115 Å². The number of aromatic nitrogens is 3. The third-order valence-electron chi connectivity index (χ3n) is 10.3. The molecule has 5 heteroatoms. The Morgan fingerprint density at radius 3 is 1.95 bits per heavy atom. The standard InChI is InChI=1S/C50H52N3O.Pt/c1-48(2,3)38-27-36(26-37(28-38)43-29-35(23-24-51-43)34-21-19-33(20-22-34)25-32-15-12-11-13-16-32)40-17-14-18-44-45(40)52-47(53(44)10)41-30-39(49(4,5)6)31-42(46(41)54)50(7,8)9;/h11-24,27-31,54H,25H2,1-10H3;/q-1;/i25D2;. The topological polar surface area (TPSA) is 50.9 Å². The summed E-state index contributed by atoms with van der Waals surface area (Å²) >= 11 is 0. The minimum absolute atomic E-state index is 0. The van der Waals surface area contributed by atoms with Crippen LogP contribution in [0.4, 0.5) is 0 Å². The maximum absolute atomic E-state index is 11.8. The molecule has 0 aliphatic carbocycles. The summed E-state index contributed by atoms with van der Waals surface area (Å²) in [7, 11) is 2.02. The van der Waals surface area contributed by atoms with Gasteiger partial charge in [0.1, 0.15) is 11.6 Å². The van der Waals surface area contributed by atoms with Crippen LogP contribution in [-0.2, 0) is 50.7 Å². The van der Waals surface area contributed by atoms with Gasteiger partial charge in [0.2, 0.25) is 0 Å². The molecule has 0 radical (unpaired) electrons. The Morgan fingerprint density at radius 2 is 1.29 bits per heavy atom. The van der Waals surface area contributed by atoms with Gasteiger partial charge < -0.3 is 9.67 Å². The normalized spacial score (nSPS) is 13.0. The quantitative estimate of drug-likeness (QED) is 0.169. The predicted octanol–water partition coefficient (Wildman–Crippen LogP) is 12.6. The number of benzene rings is 5. The summed E-state index contributed by atoms with van der Waals surface area (Å²) in [6, 6.07) is 39.7. The molecule has 284 valence electrons. The number of phenols is 1. The van der Waals surface area contributed by atoms with E-state index < -0.39 is 6.37 Å². The maximum atomic E-state index is 11.8. The van der Waals surface area contributed by atoms with Crippen molar-refractivity contribution in [3.63, 3.8) is 0 Å². The molecule has 5 aromatic carbocycles. The van der Waals surface area contributed by atoms with Crippen molar-refractivity contribution in [3.8, 4) is 50.6 Å². The number of aromatic hydroxyl groups is 1. The van der Waals surface area contributed by atoms with Gasteiger partial charge in [0.25, 0.3) is 0 Å². The molecule has 0 aliphatic heterocycles. The van der Waals surface area contributed by atoms with Crippen LogP contribution in [0.2, 0.25) is 0 Å². The van der Waals surface area contributed by atoms with Gasteiger partial charge >= 0.3 is 0 Å². The summed E-state index contributed by atoms with van der Waals surface area (Å²) in [4.78, 5) is 10.1. The average Bonchev–Trinajstić information content (AvgIpc) is 3.49. The largest absolute Gasteiger partial charge is 0.507 e. The molecule has 0 fully saturated rings. The van der Waals surface area contributed by atoms with E-state index in [1.165, 1.54) is 0 Å². The smallest absolute Gasteiger partial charge is 0.143 e. The first-order chi connectivity index (χ1) is 26.2. The van der Waals surface area contributed by atoms with Crippen molar-refractivity contribution in [2.75, 3.05) is 0 Å². The van der Waals surface area contributed by atoms with Crippen LogP contribution in [0.3, 0.4) is 0 Å². The van der Waals surface area contributed by atoms with Crippen molar-refractivity contribution >= 4 is 11.0 Å². The van der Waals surface area contributed by atoms with Crippen LogP contribution in [0, 0.1) is 6.07 Å². The van der Waals surface area contributed by atoms with E-state index in [1.54, 1.807) is 0 Å². The number of para-hydroxylation sites is 1. The number of nitrogens with zero attached hydrogens (tertiary/aromatic N) is 3. The zero-order valence-electron chi connectivity index (χ0n) is 35.6. The molecular formula is C50H52N3OPt-. The number of phenolic OH excluding ortho intramolecular Hbond substituents is 1. The Labute approximate surface area is 344 Å². The number of pyridine rings is 1. The third-order valence-corrected chi connectivity index (χ3v) is 10.3. The van der Waals surface area contributed by atoms with Crippen molar-refractivity contribution in [3.05, 3.63) is 149 Å². The molecule has 0 unspecified atom stereocenters. The molecule has 0 atom stereocenters. The minimum atomic E-state index is -1.61. The molecule has 2 aromatic heterocycles. The number of aryl methyl sites for hydroxylation is 1. The summed E-state index contributed by atoms with van der Waals surface area (Å²) in [5.41, 5.74) is 12.0. The van der Waals surface area contributed by atoms with Crippen molar-refractivity contribution in [2.24, 2.45) is 7.05 Å². The summed E-state index contributed by atoms with van der Waals surface area (Å²) in [6.07, 6.45) is 0.222. The van der Waals surface area contributed by atoms with Crippen molar-refractivity contribution in [1.29, 1.82) is 0 Å². The van der Waals surface area contributed by atoms with Gasteiger partial charge in [-0.15, -0.1) is 29.3 Å². The molecular weight excluding hydrogens is 854 g/mol. The molecule has 0 aliphatic rings. The van der Waals surface area contributed by atoms with Gasteiger partial charge in [-0.2, -0.15) is 0 Å². The van der Waals surface area contributed by atoms with Crippen LogP contribution in [0.1, 0.15) is 92.9 Å². The van der Waals surface area contributed by atoms with E-state index in [9.17, 15) is 5.11 Å². The van der Waals surface area contributed by atoms with Crippen LogP contribution in [0.5, 0.6) is 5.75 Å². The predicted molar refractivity (Wildman–Crippen MR) is 226 cm³/mol. The molecule has 0 amide bonds. The maximum Gasteiger partial charge on any atom is 0.143 e. The van der Waals surface area contributed by atoms with E-state index in [1.807, 2.05) is 73.9 Å². The first kappa shape index (κ1) is 37.1. The molecule has 0 saturated heterocycles. The van der Waals surface area contributed by atoms with Crippen LogP contribution in [0.25, 0.3) is 55.9 Å². The van der Waals surface area contributed by atoms with Crippen LogP contribution in [-0.4, -0.2) is 19.6 Å². The second kappa shape index (κ2) is 15.0. The monoisotopic (exact) mass is 907 g/mol. The molecule has 7 aromatic rings. The van der Waals surface area contributed by atoms with Crippen molar-refractivity contribution < 1.29 is 28.9 Å². The second-order valence-electron chi connectivity index (χ2n) is 17.5. The van der Waals surface area contributed by atoms with E-state index in [0.29, 0.717) is 17.0 Å². The Hall–Kier alpha value is -4.79. The van der Waals surface area contributed by atoms with Gasteiger partial charge in [-0.3, -0.25) is 4.98 Å². The molecule has 55 heavy (non-hydrogen) atoms. The van der Waals surface area contributed by atoms with Gasteiger partial charge in [-0.1, -0.05) is 152 Å². The Kier molecular flexibility index (Phi) is 10.2. The number of rotatable bonds is 6. The van der Waals surface area contributed by atoms with Gasteiger partial charge in [0.15, 0.2) is 0 Å². The Bertz CT molecular complexity index is 2570. The molecule has 4 nitrogen and oxygen atoms in total. The number of hydrogen-bond acceptors (Lipinski definition) is 3. The molecule has 7 rings (SSSR count). The number of hydrogen-bond donors (Lipinski definition) is 1. The fraction of sp³-hybridized carbons (Fsp3) is 0.280. The van der Waals surface area contributed by atoms with E-state index in [2.05, 4.69) is 121 Å². The van der Waals surface area contributed by atoms with E-state index >= 15 is 0 Å².